The first kappa shape index (κ1) is 11.7. The Morgan fingerprint density at radius 1 is 1.33 bits per heavy atom. The number of nitrogens with two attached hydrogens (primary N) is 2. The number of carbonyl (C=O) groups is 1. The van der Waals surface area contributed by atoms with E-state index >= 15 is 0 Å². The summed E-state index contributed by atoms with van der Waals surface area (Å²) in [5.74, 6) is -1.01. The van der Waals surface area contributed by atoms with Crippen LogP contribution in [0, 0.1) is 0 Å². The number of aliphatic carboxylic acids is 1. The molecule has 0 heterocycles. The molecule has 0 saturated heterocycles. The molecule has 82 valence electrons. The van der Waals surface area contributed by atoms with Crippen molar-refractivity contribution >= 4 is 5.97 Å². The molecule has 0 saturated carbocycles. The molecule has 1 atom stereocenters. The van der Waals surface area contributed by atoms with Crippen molar-refractivity contribution in [3.05, 3.63) is 35.9 Å². The third-order valence-electron chi connectivity index (χ3n) is 2.45. The molecule has 1 aromatic rings. The molecule has 0 spiro atoms. The zero-order chi connectivity index (χ0) is 11.3. The summed E-state index contributed by atoms with van der Waals surface area (Å²) < 4.78 is 0. The average molecular weight is 208 g/mol. The normalized spacial score (nSPS) is 14.5. The molecule has 0 bridgehead atoms. The fourth-order valence-electron chi connectivity index (χ4n) is 1.49. The minimum Gasteiger partial charge on any atom is -0.480 e. The van der Waals surface area contributed by atoms with Gasteiger partial charge >= 0.3 is 5.97 Å². The first-order valence-corrected chi connectivity index (χ1v) is 4.89. The van der Waals surface area contributed by atoms with E-state index in [2.05, 4.69) is 0 Å². The second-order valence-corrected chi connectivity index (χ2v) is 3.53. The predicted molar refractivity (Wildman–Crippen MR) is 58.2 cm³/mol. The van der Waals surface area contributed by atoms with Crippen LogP contribution in [-0.4, -0.2) is 17.6 Å². The standard InChI is InChI=1S/C11H16N2O2/c12-8-4-7-11(13,10(14)15)9-5-2-1-3-6-9/h1-3,5-6H,4,7-8,12-13H2,(H,14,15)/t11-/m0/s1. The number of carboxylic acid groups (broad SMARTS) is 1. The Labute approximate surface area is 88.9 Å². The topological polar surface area (TPSA) is 89.3 Å². The lowest BCUT2D eigenvalue weighted by Crippen LogP contribution is -2.45. The number of hydrogen-bond acceptors (Lipinski definition) is 3. The van der Waals surface area contributed by atoms with Crippen LogP contribution in [0.2, 0.25) is 0 Å². The summed E-state index contributed by atoms with van der Waals surface area (Å²) in [5.41, 5.74) is 10.6. The molecular weight excluding hydrogens is 192 g/mol. The van der Waals surface area contributed by atoms with E-state index in [0.29, 0.717) is 24.9 Å². The summed E-state index contributed by atoms with van der Waals surface area (Å²) >= 11 is 0. The quantitative estimate of drug-likeness (QED) is 0.663. The van der Waals surface area contributed by atoms with E-state index in [1.807, 2.05) is 6.07 Å². The maximum absolute atomic E-state index is 11.2. The monoisotopic (exact) mass is 208 g/mol. The van der Waals surface area contributed by atoms with Crippen LogP contribution in [0.15, 0.2) is 30.3 Å². The van der Waals surface area contributed by atoms with Crippen LogP contribution < -0.4 is 11.5 Å². The van der Waals surface area contributed by atoms with Gasteiger partial charge in [-0.3, -0.25) is 0 Å². The first-order chi connectivity index (χ1) is 7.11. The van der Waals surface area contributed by atoms with E-state index in [0.717, 1.165) is 0 Å². The Hall–Kier alpha value is -1.39. The maximum Gasteiger partial charge on any atom is 0.328 e. The van der Waals surface area contributed by atoms with Crippen LogP contribution in [-0.2, 0) is 10.3 Å². The first-order valence-electron chi connectivity index (χ1n) is 4.89. The Balaban J connectivity index is 2.96. The van der Waals surface area contributed by atoms with Crippen LogP contribution in [0.5, 0.6) is 0 Å². The van der Waals surface area contributed by atoms with E-state index < -0.39 is 11.5 Å². The zero-order valence-corrected chi connectivity index (χ0v) is 8.52. The van der Waals surface area contributed by atoms with Gasteiger partial charge in [0, 0.05) is 0 Å². The molecule has 0 fully saturated rings. The lowest BCUT2D eigenvalue weighted by atomic mass is 9.86. The smallest absolute Gasteiger partial charge is 0.328 e. The highest BCUT2D eigenvalue weighted by Crippen LogP contribution is 2.23. The van der Waals surface area contributed by atoms with Crippen molar-refractivity contribution in [2.24, 2.45) is 11.5 Å². The molecule has 4 heteroatoms. The second kappa shape index (κ2) is 4.91. The fourth-order valence-corrected chi connectivity index (χ4v) is 1.49. The van der Waals surface area contributed by atoms with E-state index in [4.69, 9.17) is 16.6 Å². The molecule has 5 N–H and O–H groups in total. The minimum absolute atomic E-state index is 0.350. The Bertz CT molecular complexity index is 327. The van der Waals surface area contributed by atoms with Crippen molar-refractivity contribution < 1.29 is 9.90 Å². The van der Waals surface area contributed by atoms with E-state index in [1.54, 1.807) is 24.3 Å². The molecule has 15 heavy (non-hydrogen) atoms. The fraction of sp³-hybridized carbons (Fsp3) is 0.364. The van der Waals surface area contributed by atoms with Gasteiger partial charge < -0.3 is 16.6 Å². The highest BCUT2D eigenvalue weighted by Gasteiger charge is 2.34. The molecule has 0 radical (unpaired) electrons. The molecule has 0 aliphatic carbocycles. The van der Waals surface area contributed by atoms with Crippen LogP contribution in [0.1, 0.15) is 18.4 Å². The molecule has 1 rings (SSSR count). The maximum atomic E-state index is 11.2. The van der Waals surface area contributed by atoms with Gasteiger partial charge in [-0.05, 0) is 24.9 Å². The molecule has 0 aliphatic rings. The van der Waals surface area contributed by atoms with E-state index in [9.17, 15) is 4.79 Å². The molecule has 4 nitrogen and oxygen atoms in total. The Morgan fingerprint density at radius 3 is 2.40 bits per heavy atom. The molecular formula is C11H16N2O2. The van der Waals surface area contributed by atoms with Crippen molar-refractivity contribution in [1.29, 1.82) is 0 Å². The second-order valence-electron chi connectivity index (χ2n) is 3.53. The SMILES string of the molecule is NCCC[C@@](N)(C(=O)O)c1ccccc1. The summed E-state index contributed by atoms with van der Waals surface area (Å²) in [6, 6.07) is 8.84. The van der Waals surface area contributed by atoms with Gasteiger partial charge in [0.05, 0.1) is 0 Å². The number of carboxylic acids is 1. The average Bonchev–Trinajstić information content (AvgIpc) is 2.27. The van der Waals surface area contributed by atoms with E-state index in [-0.39, 0.29) is 0 Å². The van der Waals surface area contributed by atoms with Crippen molar-refractivity contribution in [1.82, 2.24) is 0 Å². The van der Waals surface area contributed by atoms with Crippen LogP contribution in [0.4, 0.5) is 0 Å². The largest absolute Gasteiger partial charge is 0.480 e. The lowest BCUT2D eigenvalue weighted by Gasteiger charge is -2.24. The van der Waals surface area contributed by atoms with Gasteiger partial charge in [-0.25, -0.2) is 4.79 Å². The highest BCUT2D eigenvalue weighted by atomic mass is 16.4. The van der Waals surface area contributed by atoms with Gasteiger partial charge in [0.15, 0.2) is 0 Å². The zero-order valence-electron chi connectivity index (χ0n) is 8.52. The van der Waals surface area contributed by atoms with Gasteiger partial charge in [0.2, 0.25) is 0 Å². The van der Waals surface area contributed by atoms with Crippen LogP contribution >= 0.6 is 0 Å². The van der Waals surface area contributed by atoms with Crippen molar-refractivity contribution in [2.45, 2.75) is 18.4 Å². The Morgan fingerprint density at radius 2 is 1.93 bits per heavy atom. The molecule has 0 unspecified atom stereocenters. The summed E-state index contributed by atoms with van der Waals surface area (Å²) in [6.07, 6.45) is 0.945. The third-order valence-corrected chi connectivity index (χ3v) is 2.45. The molecule has 0 amide bonds. The summed E-state index contributed by atoms with van der Waals surface area (Å²) in [7, 11) is 0. The molecule has 0 aromatic heterocycles. The highest BCUT2D eigenvalue weighted by molar-refractivity contribution is 5.80. The number of hydrogen-bond donors (Lipinski definition) is 3. The van der Waals surface area contributed by atoms with Gasteiger partial charge in [-0.1, -0.05) is 30.3 Å². The molecule has 0 aliphatic heterocycles. The summed E-state index contributed by atoms with van der Waals surface area (Å²) in [5, 5.41) is 9.15. The third kappa shape index (κ3) is 2.55. The van der Waals surface area contributed by atoms with Crippen LogP contribution in [0.3, 0.4) is 0 Å². The minimum atomic E-state index is -1.32. The molecule has 1 aromatic carbocycles. The van der Waals surface area contributed by atoms with Gasteiger partial charge in [0.1, 0.15) is 5.54 Å². The van der Waals surface area contributed by atoms with E-state index in [1.165, 1.54) is 0 Å². The van der Waals surface area contributed by atoms with Gasteiger partial charge in [-0.2, -0.15) is 0 Å². The summed E-state index contributed by atoms with van der Waals surface area (Å²) in [4.78, 5) is 11.2. The van der Waals surface area contributed by atoms with Crippen molar-refractivity contribution in [3.63, 3.8) is 0 Å². The van der Waals surface area contributed by atoms with Crippen molar-refractivity contribution in [3.8, 4) is 0 Å². The number of benzene rings is 1. The number of rotatable bonds is 5. The summed E-state index contributed by atoms with van der Waals surface area (Å²) in [6.45, 7) is 0.444. The Kier molecular flexibility index (Phi) is 3.82. The van der Waals surface area contributed by atoms with Crippen LogP contribution in [0.25, 0.3) is 0 Å². The van der Waals surface area contributed by atoms with Gasteiger partial charge in [0.25, 0.3) is 0 Å². The van der Waals surface area contributed by atoms with Crippen molar-refractivity contribution in [2.75, 3.05) is 6.54 Å². The lowest BCUT2D eigenvalue weighted by molar-refractivity contribution is -0.144. The predicted octanol–water partition coefficient (Wildman–Crippen LogP) is 0.664. The van der Waals surface area contributed by atoms with Gasteiger partial charge in [-0.15, -0.1) is 0 Å².